The maximum atomic E-state index is 9.49. The van der Waals surface area contributed by atoms with Crippen molar-refractivity contribution in [2.75, 3.05) is 0 Å². The van der Waals surface area contributed by atoms with E-state index in [1.807, 2.05) is 0 Å². The smallest absolute Gasteiger partial charge is 0.550 e. The Labute approximate surface area is 91.1 Å². The third kappa shape index (κ3) is 34.2. The molecule has 0 atom stereocenters. The Morgan fingerprint density at radius 3 is 1.15 bits per heavy atom. The van der Waals surface area contributed by atoms with E-state index in [2.05, 4.69) is 0 Å². The molecule has 0 aromatic rings. The van der Waals surface area contributed by atoms with E-state index in [4.69, 9.17) is 0 Å². The number of hydrogen-bond donors (Lipinski definition) is 0. The number of carbonyl (C=O) groups is 2. The fourth-order valence-electron chi connectivity index (χ4n) is 0.408. The van der Waals surface area contributed by atoms with Crippen molar-refractivity contribution in [1.29, 1.82) is 0 Å². The van der Waals surface area contributed by atoms with Crippen LogP contribution in [0.15, 0.2) is 0 Å². The summed E-state index contributed by atoms with van der Waals surface area (Å²) in [4.78, 5) is 19.0. The van der Waals surface area contributed by atoms with Gasteiger partial charge in [0.1, 0.15) is 0 Å². The Bertz CT molecular complexity index is 120. The molecular formula is C8H14O4Ru. The number of carboxylic acids is 2. The van der Waals surface area contributed by atoms with Crippen LogP contribution in [0.1, 0.15) is 39.5 Å². The van der Waals surface area contributed by atoms with Crippen LogP contribution in [-0.2, 0) is 29.1 Å². The zero-order valence-corrected chi connectivity index (χ0v) is 9.55. The van der Waals surface area contributed by atoms with Gasteiger partial charge in [0.2, 0.25) is 0 Å². The molecule has 0 aromatic carbocycles. The molecule has 0 aliphatic carbocycles. The molecular weight excluding hydrogens is 261 g/mol. The number of hydrogen-bond acceptors (Lipinski definition) is 4. The Morgan fingerprint density at radius 1 is 0.923 bits per heavy atom. The van der Waals surface area contributed by atoms with Crippen LogP contribution < -0.4 is 10.2 Å². The second-order valence-corrected chi connectivity index (χ2v) is 2.24. The van der Waals surface area contributed by atoms with E-state index in [9.17, 15) is 19.8 Å². The van der Waals surface area contributed by atoms with Crippen LogP contribution in [0.3, 0.4) is 0 Å². The molecule has 13 heavy (non-hydrogen) atoms. The van der Waals surface area contributed by atoms with Crippen LogP contribution in [0.4, 0.5) is 0 Å². The number of aliphatic carboxylic acids is 2. The Balaban J connectivity index is -0.000000143. The van der Waals surface area contributed by atoms with Gasteiger partial charge in [-0.25, -0.2) is 0 Å². The standard InChI is InChI=1S/2C4H8O2.Ru/c2*1-2-3-4(5)6;/h2*2-3H2,1H3,(H,5,6);/q;;+2/p-2. The summed E-state index contributed by atoms with van der Waals surface area (Å²) in [5, 5.41) is 19.0. The summed E-state index contributed by atoms with van der Waals surface area (Å²) in [5.74, 6) is -1.92. The quantitative estimate of drug-likeness (QED) is 0.621. The van der Waals surface area contributed by atoms with Gasteiger partial charge in [-0.05, 0) is 12.8 Å². The number of carboxylic acid groups (broad SMARTS) is 2. The van der Waals surface area contributed by atoms with Gasteiger partial charge in [-0.3, -0.25) is 0 Å². The first-order valence-electron chi connectivity index (χ1n) is 3.94. The fraction of sp³-hybridized carbons (Fsp3) is 0.750. The minimum Gasteiger partial charge on any atom is -0.550 e. The zero-order chi connectivity index (χ0) is 9.98. The third-order valence-electron chi connectivity index (χ3n) is 0.908. The average Bonchev–Trinajstić information content (AvgIpc) is 1.87. The monoisotopic (exact) mass is 276 g/mol. The molecule has 0 spiro atoms. The second kappa shape index (κ2) is 14.1. The molecule has 0 radical (unpaired) electrons. The van der Waals surface area contributed by atoms with Crippen molar-refractivity contribution in [2.24, 2.45) is 0 Å². The van der Waals surface area contributed by atoms with E-state index in [-0.39, 0.29) is 32.3 Å². The maximum Gasteiger partial charge on any atom is 2.00 e. The Kier molecular flexibility index (Phi) is 19.9. The molecule has 0 rings (SSSR count). The Hall–Kier alpha value is -0.437. The van der Waals surface area contributed by atoms with Crippen molar-refractivity contribution < 1.29 is 39.3 Å². The fourth-order valence-corrected chi connectivity index (χ4v) is 0.408. The minimum absolute atomic E-state index is 0. The molecule has 0 unspecified atom stereocenters. The van der Waals surface area contributed by atoms with Crippen LogP contribution in [0.2, 0.25) is 0 Å². The summed E-state index contributed by atoms with van der Waals surface area (Å²) in [6.07, 6.45) is 1.70. The molecule has 0 amide bonds. The van der Waals surface area contributed by atoms with Crippen molar-refractivity contribution in [2.45, 2.75) is 39.5 Å². The minimum atomic E-state index is -0.961. The van der Waals surface area contributed by atoms with Gasteiger partial charge >= 0.3 is 19.5 Å². The van der Waals surface area contributed by atoms with Crippen molar-refractivity contribution in [3.05, 3.63) is 0 Å². The normalized spacial score (nSPS) is 7.54. The van der Waals surface area contributed by atoms with E-state index in [1.54, 1.807) is 13.8 Å². The van der Waals surface area contributed by atoms with Gasteiger partial charge in [0.15, 0.2) is 0 Å². The molecule has 0 aromatic heterocycles. The van der Waals surface area contributed by atoms with Gasteiger partial charge < -0.3 is 19.8 Å². The SMILES string of the molecule is CCCC(=O)[O-].CCCC(=O)[O-].[Ru+2]. The van der Waals surface area contributed by atoms with Gasteiger partial charge in [-0.1, -0.05) is 26.7 Å². The van der Waals surface area contributed by atoms with Crippen molar-refractivity contribution in [3.8, 4) is 0 Å². The van der Waals surface area contributed by atoms with E-state index in [0.29, 0.717) is 12.8 Å². The van der Waals surface area contributed by atoms with Crippen molar-refractivity contribution in [1.82, 2.24) is 0 Å². The molecule has 0 N–H and O–H groups in total. The van der Waals surface area contributed by atoms with Gasteiger partial charge in [-0.2, -0.15) is 0 Å². The third-order valence-corrected chi connectivity index (χ3v) is 0.908. The summed E-state index contributed by atoms with van der Waals surface area (Å²) in [7, 11) is 0. The molecule has 0 saturated carbocycles. The number of carbonyl (C=O) groups excluding carboxylic acids is 2. The maximum absolute atomic E-state index is 9.49. The van der Waals surface area contributed by atoms with Crippen LogP contribution in [-0.4, -0.2) is 11.9 Å². The molecule has 0 bridgehead atoms. The Morgan fingerprint density at radius 2 is 1.15 bits per heavy atom. The second-order valence-electron chi connectivity index (χ2n) is 2.24. The molecule has 0 fully saturated rings. The average molecular weight is 275 g/mol. The van der Waals surface area contributed by atoms with Crippen LogP contribution in [0.25, 0.3) is 0 Å². The van der Waals surface area contributed by atoms with Gasteiger partial charge in [0.25, 0.3) is 0 Å². The van der Waals surface area contributed by atoms with Crippen LogP contribution in [0, 0.1) is 0 Å². The predicted octanol–water partition coefficient (Wildman–Crippen LogP) is -0.930. The summed E-state index contributed by atoms with van der Waals surface area (Å²) >= 11 is 0. The molecule has 4 nitrogen and oxygen atoms in total. The van der Waals surface area contributed by atoms with Gasteiger partial charge in [0.05, 0.1) is 0 Å². The van der Waals surface area contributed by atoms with E-state index in [0.717, 1.165) is 0 Å². The summed E-state index contributed by atoms with van der Waals surface area (Å²) < 4.78 is 0. The first-order valence-corrected chi connectivity index (χ1v) is 3.94. The van der Waals surface area contributed by atoms with Gasteiger partial charge in [-0.15, -0.1) is 0 Å². The summed E-state index contributed by atoms with van der Waals surface area (Å²) in [6.45, 7) is 3.60. The first kappa shape index (κ1) is 18.4. The van der Waals surface area contributed by atoms with E-state index < -0.39 is 11.9 Å². The topological polar surface area (TPSA) is 80.3 Å². The first-order chi connectivity index (χ1) is 5.54. The van der Waals surface area contributed by atoms with Gasteiger partial charge in [0, 0.05) is 11.9 Å². The number of rotatable bonds is 4. The van der Waals surface area contributed by atoms with E-state index in [1.165, 1.54) is 0 Å². The van der Waals surface area contributed by atoms with Crippen LogP contribution >= 0.6 is 0 Å². The van der Waals surface area contributed by atoms with Crippen molar-refractivity contribution >= 4 is 11.9 Å². The largest absolute Gasteiger partial charge is 2.00 e. The van der Waals surface area contributed by atoms with Crippen LogP contribution in [0.5, 0.6) is 0 Å². The molecule has 0 heterocycles. The van der Waals surface area contributed by atoms with E-state index >= 15 is 0 Å². The molecule has 78 valence electrons. The predicted molar refractivity (Wildman–Crippen MR) is 39.8 cm³/mol. The summed E-state index contributed by atoms with van der Waals surface area (Å²) in [5.41, 5.74) is 0. The molecule has 5 heteroatoms. The molecule has 0 saturated heterocycles. The molecule has 0 aliphatic rings. The molecule has 0 aliphatic heterocycles. The zero-order valence-electron chi connectivity index (χ0n) is 7.81. The summed E-state index contributed by atoms with van der Waals surface area (Å²) in [6, 6.07) is 0. The van der Waals surface area contributed by atoms with Crippen molar-refractivity contribution in [3.63, 3.8) is 0 Å².